The molecular formula is C16H27NOS. The average molecular weight is 281 g/mol. The van der Waals surface area contributed by atoms with Crippen molar-refractivity contribution in [1.29, 1.82) is 0 Å². The molecule has 0 saturated heterocycles. The monoisotopic (exact) mass is 281 g/mol. The lowest BCUT2D eigenvalue weighted by molar-refractivity contribution is 0.0977. The van der Waals surface area contributed by atoms with Gasteiger partial charge in [0.05, 0.1) is 6.10 Å². The molecule has 19 heavy (non-hydrogen) atoms. The minimum absolute atomic E-state index is 0.206. The number of aryl methyl sites for hydroxylation is 1. The number of aliphatic hydroxyl groups is 1. The standard InChI is InChI=1S/C16H27NOS/c1-11(10-19-5)9-17-12(2)6-13-14(17)7-16(3,4)8-15(13)18/h6,11,15,18H,7-10H2,1-5H3. The van der Waals surface area contributed by atoms with Crippen LogP contribution in [0, 0.1) is 18.3 Å². The second-order valence-electron chi connectivity index (χ2n) is 6.92. The highest BCUT2D eigenvalue weighted by Crippen LogP contribution is 2.42. The Hall–Kier alpha value is -0.410. The first-order valence-electron chi connectivity index (χ1n) is 7.20. The summed E-state index contributed by atoms with van der Waals surface area (Å²) in [5.41, 5.74) is 4.05. The fourth-order valence-electron chi connectivity index (χ4n) is 3.30. The molecule has 1 aromatic rings. The Morgan fingerprint density at radius 3 is 2.84 bits per heavy atom. The Morgan fingerprint density at radius 1 is 1.53 bits per heavy atom. The van der Waals surface area contributed by atoms with Crippen LogP contribution in [0.5, 0.6) is 0 Å². The van der Waals surface area contributed by atoms with Crippen LogP contribution in [0.1, 0.15) is 50.2 Å². The largest absolute Gasteiger partial charge is 0.388 e. The van der Waals surface area contributed by atoms with Crippen molar-refractivity contribution in [2.75, 3.05) is 12.0 Å². The van der Waals surface area contributed by atoms with E-state index in [9.17, 15) is 5.11 Å². The summed E-state index contributed by atoms with van der Waals surface area (Å²) in [6.45, 7) is 10.1. The molecule has 0 spiro atoms. The van der Waals surface area contributed by atoms with Gasteiger partial charge < -0.3 is 9.67 Å². The summed E-state index contributed by atoms with van der Waals surface area (Å²) < 4.78 is 2.44. The molecule has 0 fully saturated rings. The number of thioether (sulfide) groups is 1. The minimum atomic E-state index is -0.283. The molecule has 3 heteroatoms. The lowest BCUT2D eigenvalue weighted by Gasteiger charge is -2.34. The molecule has 1 aromatic heterocycles. The van der Waals surface area contributed by atoms with Gasteiger partial charge >= 0.3 is 0 Å². The van der Waals surface area contributed by atoms with Crippen LogP contribution in [0.2, 0.25) is 0 Å². The van der Waals surface area contributed by atoms with E-state index < -0.39 is 0 Å². The average Bonchev–Trinajstić information content (AvgIpc) is 2.56. The van der Waals surface area contributed by atoms with Gasteiger partial charge in [-0.3, -0.25) is 0 Å². The number of nitrogens with zero attached hydrogens (tertiary/aromatic N) is 1. The van der Waals surface area contributed by atoms with Crippen LogP contribution in [0.25, 0.3) is 0 Å². The van der Waals surface area contributed by atoms with Gasteiger partial charge in [0.15, 0.2) is 0 Å². The Labute approximate surface area is 121 Å². The van der Waals surface area contributed by atoms with E-state index in [1.54, 1.807) is 0 Å². The zero-order valence-electron chi connectivity index (χ0n) is 12.9. The summed E-state index contributed by atoms with van der Waals surface area (Å²) in [5.74, 6) is 1.87. The third-order valence-corrected chi connectivity index (χ3v) is 5.05. The Kier molecular flexibility index (Phi) is 4.36. The fraction of sp³-hybridized carbons (Fsp3) is 0.750. The van der Waals surface area contributed by atoms with E-state index in [4.69, 9.17) is 0 Å². The van der Waals surface area contributed by atoms with Gasteiger partial charge in [0.1, 0.15) is 0 Å². The Morgan fingerprint density at radius 2 is 2.21 bits per heavy atom. The molecule has 0 aromatic carbocycles. The normalized spacial score (nSPS) is 23.2. The van der Waals surface area contributed by atoms with E-state index in [1.165, 1.54) is 22.7 Å². The Balaban J connectivity index is 2.31. The van der Waals surface area contributed by atoms with Crippen LogP contribution in [-0.2, 0) is 13.0 Å². The maximum absolute atomic E-state index is 10.4. The van der Waals surface area contributed by atoms with Crippen LogP contribution in [0.15, 0.2) is 6.07 Å². The first kappa shape index (κ1) is 15.0. The number of rotatable bonds is 4. The first-order valence-corrected chi connectivity index (χ1v) is 8.59. The highest BCUT2D eigenvalue weighted by molar-refractivity contribution is 7.98. The topological polar surface area (TPSA) is 25.2 Å². The van der Waals surface area contributed by atoms with Gasteiger partial charge in [0.2, 0.25) is 0 Å². The maximum Gasteiger partial charge on any atom is 0.0812 e. The Bertz CT molecular complexity index is 450. The van der Waals surface area contributed by atoms with Gasteiger partial charge in [0.25, 0.3) is 0 Å². The van der Waals surface area contributed by atoms with Crippen molar-refractivity contribution in [2.24, 2.45) is 11.3 Å². The third-order valence-electron chi connectivity index (χ3n) is 4.15. The van der Waals surface area contributed by atoms with Crippen molar-refractivity contribution in [3.8, 4) is 0 Å². The predicted molar refractivity (Wildman–Crippen MR) is 83.8 cm³/mol. The van der Waals surface area contributed by atoms with Crippen LogP contribution in [0.4, 0.5) is 0 Å². The number of fused-ring (bicyclic) bond motifs is 1. The minimum Gasteiger partial charge on any atom is -0.388 e. The summed E-state index contributed by atoms with van der Waals surface area (Å²) in [6, 6.07) is 2.20. The smallest absolute Gasteiger partial charge is 0.0812 e. The summed E-state index contributed by atoms with van der Waals surface area (Å²) in [7, 11) is 0. The number of hydrogen-bond donors (Lipinski definition) is 1. The summed E-state index contributed by atoms with van der Waals surface area (Å²) >= 11 is 1.91. The molecule has 2 rings (SSSR count). The van der Waals surface area contributed by atoms with Gasteiger partial charge in [-0.15, -0.1) is 0 Å². The quantitative estimate of drug-likeness (QED) is 0.908. The lowest BCUT2D eigenvalue weighted by atomic mass is 9.75. The first-order chi connectivity index (χ1) is 8.84. The molecule has 1 heterocycles. The molecule has 0 aliphatic heterocycles. The van der Waals surface area contributed by atoms with Crippen LogP contribution >= 0.6 is 11.8 Å². The summed E-state index contributed by atoms with van der Waals surface area (Å²) in [5, 5.41) is 10.4. The molecule has 0 bridgehead atoms. The van der Waals surface area contributed by atoms with Gasteiger partial charge in [0, 0.05) is 23.5 Å². The van der Waals surface area contributed by atoms with E-state index in [2.05, 4.69) is 44.6 Å². The summed E-state index contributed by atoms with van der Waals surface area (Å²) in [6.07, 6.45) is 3.85. The van der Waals surface area contributed by atoms with Gasteiger partial charge in [-0.1, -0.05) is 20.8 Å². The van der Waals surface area contributed by atoms with Crippen molar-refractivity contribution in [3.63, 3.8) is 0 Å². The SMILES string of the molecule is CSCC(C)Cn1c(C)cc2c1CC(C)(C)CC2O. The predicted octanol–water partition coefficient (Wildman–Crippen LogP) is 3.80. The lowest BCUT2D eigenvalue weighted by Crippen LogP contribution is -2.27. The molecule has 2 nitrogen and oxygen atoms in total. The van der Waals surface area contributed by atoms with Crippen LogP contribution < -0.4 is 0 Å². The van der Waals surface area contributed by atoms with Crippen LogP contribution in [0.3, 0.4) is 0 Å². The zero-order chi connectivity index (χ0) is 14.2. The number of aromatic nitrogens is 1. The van der Waals surface area contributed by atoms with E-state index in [0.717, 1.165) is 19.4 Å². The zero-order valence-corrected chi connectivity index (χ0v) is 13.7. The van der Waals surface area contributed by atoms with Crippen molar-refractivity contribution < 1.29 is 5.11 Å². The summed E-state index contributed by atoms with van der Waals surface area (Å²) in [4.78, 5) is 0. The van der Waals surface area contributed by atoms with Crippen molar-refractivity contribution in [3.05, 3.63) is 23.0 Å². The molecule has 1 N–H and O–H groups in total. The molecule has 108 valence electrons. The second-order valence-corrected chi connectivity index (χ2v) is 7.83. The van der Waals surface area contributed by atoms with E-state index in [-0.39, 0.29) is 11.5 Å². The van der Waals surface area contributed by atoms with Crippen LogP contribution in [-0.4, -0.2) is 21.7 Å². The highest BCUT2D eigenvalue weighted by atomic mass is 32.2. The molecule has 0 saturated carbocycles. The van der Waals surface area contributed by atoms with Crippen molar-refractivity contribution in [1.82, 2.24) is 4.57 Å². The third kappa shape index (κ3) is 3.19. The van der Waals surface area contributed by atoms with Crippen molar-refractivity contribution >= 4 is 11.8 Å². The maximum atomic E-state index is 10.4. The number of aliphatic hydroxyl groups excluding tert-OH is 1. The molecule has 0 radical (unpaired) electrons. The molecule has 1 aliphatic rings. The second kappa shape index (κ2) is 5.53. The van der Waals surface area contributed by atoms with E-state index in [0.29, 0.717) is 5.92 Å². The molecule has 0 amide bonds. The molecular weight excluding hydrogens is 254 g/mol. The van der Waals surface area contributed by atoms with Crippen molar-refractivity contribution in [2.45, 2.75) is 53.2 Å². The molecule has 2 unspecified atom stereocenters. The number of hydrogen-bond acceptors (Lipinski definition) is 2. The van der Waals surface area contributed by atoms with Gasteiger partial charge in [-0.25, -0.2) is 0 Å². The van der Waals surface area contributed by atoms with Gasteiger partial charge in [-0.2, -0.15) is 11.8 Å². The molecule has 2 atom stereocenters. The van der Waals surface area contributed by atoms with E-state index >= 15 is 0 Å². The molecule has 1 aliphatic carbocycles. The van der Waals surface area contributed by atoms with Gasteiger partial charge in [-0.05, 0) is 49.2 Å². The highest BCUT2D eigenvalue weighted by Gasteiger charge is 2.34. The fourth-order valence-corrected chi connectivity index (χ4v) is 3.98. The van der Waals surface area contributed by atoms with E-state index in [1.807, 2.05) is 11.8 Å².